The Morgan fingerprint density at radius 3 is 2.41 bits per heavy atom. The summed E-state index contributed by atoms with van der Waals surface area (Å²) in [6.07, 6.45) is -1.01. The van der Waals surface area contributed by atoms with E-state index in [2.05, 4.69) is 10.9 Å². The maximum absolute atomic E-state index is 13.5. The molecule has 0 spiro atoms. The van der Waals surface area contributed by atoms with E-state index in [-0.39, 0.29) is 12.4 Å². The molecule has 144 valence electrons. The summed E-state index contributed by atoms with van der Waals surface area (Å²) in [7, 11) is 0. The number of amides is 2. The highest BCUT2D eigenvalue weighted by Crippen LogP contribution is 2.26. The lowest BCUT2D eigenvalue weighted by Gasteiger charge is -2.16. The fourth-order valence-corrected chi connectivity index (χ4v) is 2.64. The van der Waals surface area contributed by atoms with E-state index in [1.54, 1.807) is 18.2 Å². The molecule has 0 aliphatic rings. The summed E-state index contributed by atoms with van der Waals surface area (Å²) in [5.74, 6) is -1.27. The van der Waals surface area contributed by atoms with Gasteiger partial charge < -0.3 is 9.47 Å². The highest BCUT2D eigenvalue weighted by molar-refractivity contribution is 6.30. The van der Waals surface area contributed by atoms with Crippen molar-refractivity contribution in [1.82, 2.24) is 10.9 Å². The molecule has 2 aromatic rings. The topological polar surface area (TPSA) is 76.7 Å². The van der Waals surface area contributed by atoms with Crippen LogP contribution in [0.25, 0.3) is 0 Å². The molecular weight excluding hydrogens is 375 g/mol. The van der Waals surface area contributed by atoms with Crippen LogP contribution in [0, 0.1) is 19.7 Å². The van der Waals surface area contributed by atoms with Gasteiger partial charge in [0, 0.05) is 5.02 Å². The van der Waals surface area contributed by atoms with E-state index in [0.29, 0.717) is 10.8 Å². The van der Waals surface area contributed by atoms with Crippen LogP contribution in [0.5, 0.6) is 11.5 Å². The van der Waals surface area contributed by atoms with Gasteiger partial charge in [0.05, 0.1) is 0 Å². The van der Waals surface area contributed by atoms with Crippen molar-refractivity contribution in [3.8, 4) is 11.5 Å². The molecule has 0 fully saturated rings. The molecule has 27 heavy (non-hydrogen) atoms. The maximum atomic E-state index is 13.5. The number of benzene rings is 2. The molecule has 1 atom stereocenters. The van der Waals surface area contributed by atoms with Gasteiger partial charge in [0.1, 0.15) is 5.75 Å². The second kappa shape index (κ2) is 9.23. The number of carbonyl (C=O) groups is 2. The monoisotopic (exact) mass is 394 g/mol. The van der Waals surface area contributed by atoms with Crippen LogP contribution in [0.3, 0.4) is 0 Å². The quantitative estimate of drug-likeness (QED) is 0.738. The number of para-hydroxylation sites is 1. The summed E-state index contributed by atoms with van der Waals surface area (Å²) in [5, 5.41) is 0.581. The maximum Gasteiger partial charge on any atom is 0.279 e. The van der Waals surface area contributed by atoms with Gasteiger partial charge >= 0.3 is 0 Å². The molecule has 6 nitrogen and oxygen atoms in total. The number of rotatable bonds is 6. The van der Waals surface area contributed by atoms with E-state index >= 15 is 0 Å². The Morgan fingerprint density at radius 2 is 1.78 bits per heavy atom. The molecule has 0 radical (unpaired) electrons. The number of hydrazine groups is 1. The van der Waals surface area contributed by atoms with E-state index in [4.69, 9.17) is 21.1 Å². The van der Waals surface area contributed by atoms with Crippen LogP contribution in [-0.4, -0.2) is 24.5 Å². The summed E-state index contributed by atoms with van der Waals surface area (Å²) in [6, 6.07) is 9.18. The summed E-state index contributed by atoms with van der Waals surface area (Å²) in [4.78, 5) is 23.8. The van der Waals surface area contributed by atoms with E-state index in [1.165, 1.54) is 25.1 Å². The third kappa shape index (κ3) is 5.86. The number of halogens is 2. The Morgan fingerprint density at radius 1 is 1.15 bits per heavy atom. The molecule has 0 saturated heterocycles. The molecule has 2 amide bonds. The zero-order valence-electron chi connectivity index (χ0n) is 15.1. The number of nitrogens with one attached hydrogen (secondary N) is 2. The van der Waals surface area contributed by atoms with Crippen molar-refractivity contribution < 1.29 is 23.5 Å². The summed E-state index contributed by atoms with van der Waals surface area (Å²) < 4.78 is 24.2. The predicted molar refractivity (Wildman–Crippen MR) is 99.2 cm³/mol. The van der Waals surface area contributed by atoms with Crippen molar-refractivity contribution in [2.75, 3.05) is 6.61 Å². The first-order valence-corrected chi connectivity index (χ1v) is 8.55. The van der Waals surface area contributed by atoms with Crippen LogP contribution < -0.4 is 20.3 Å². The van der Waals surface area contributed by atoms with Crippen molar-refractivity contribution in [3.05, 3.63) is 58.4 Å². The van der Waals surface area contributed by atoms with Crippen LogP contribution >= 0.6 is 11.6 Å². The lowest BCUT2D eigenvalue weighted by Crippen LogP contribution is -2.48. The average Bonchev–Trinajstić information content (AvgIpc) is 2.60. The van der Waals surface area contributed by atoms with Crippen molar-refractivity contribution in [2.45, 2.75) is 26.9 Å². The minimum atomic E-state index is -1.01. The van der Waals surface area contributed by atoms with Crippen molar-refractivity contribution in [3.63, 3.8) is 0 Å². The Balaban J connectivity index is 1.81. The van der Waals surface area contributed by atoms with Gasteiger partial charge in [-0.15, -0.1) is 0 Å². The molecule has 0 aliphatic heterocycles. The Kier molecular flexibility index (Phi) is 7.01. The van der Waals surface area contributed by atoms with Crippen molar-refractivity contribution >= 4 is 23.4 Å². The van der Waals surface area contributed by atoms with Crippen LogP contribution in [0.2, 0.25) is 5.02 Å². The summed E-state index contributed by atoms with van der Waals surface area (Å²) >= 11 is 5.95. The second-order valence-corrected chi connectivity index (χ2v) is 6.32. The Labute approximate surface area is 161 Å². The van der Waals surface area contributed by atoms with E-state index in [9.17, 15) is 14.0 Å². The molecule has 2 aromatic carbocycles. The highest BCUT2D eigenvalue weighted by Gasteiger charge is 2.17. The van der Waals surface area contributed by atoms with Gasteiger partial charge in [-0.1, -0.05) is 23.7 Å². The van der Waals surface area contributed by atoms with Crippen LogP contribution in [-0.2, 0) is 9.59 Å². The van der Waals surface area contributed by atoms with Crippen molar-refractivity contribution in [2.24, 2.45) is 0 Å². The van der Waals surface area contributed by atoms with Crippen molar-refractivity contribution in [1.29, 1.82) is 0 Å². The molecule has 0 aromatic heterocycles. The molecule has 0 unspecified atom stereocenters. The van der Waals surface area contributed by atoms with Gasteiger partial charge in [-0.2, -0.15) is 0 Å². The minimum absolute atomic E-state index is 0.0523. The standard InChI is InChI=1S/C19H20ClFN2O4/c1-11-8-14(20)9-12(2)18(11)26-10-17(24)22-23-19(25)13(3)27-16-7-5-4-6-15(16)21/h4-9,13H,10H2,1-3H3,(H,22,24)(H,23,25)/t13-/m0/s1. The van der Waals surface area contributed by atoms with Gasteiger partial charge in [0.15, 0.2) is 24.3 Å². The summed E-state index contributed by atoms with van der Waals surface area (Å²) in [5.41, 5.74) is 6.02. The second-order valence-electron chi connectivity index (χ2n) is 5.89. The molecule has 8 heteroatoms. The Hall–Kier alpha value is -2.80. The SMILES string of the molecule is Cc1cc(Cl)cc(C)c1OCC(=O)NNC(=O)[C@H](C)Oc1ccccc1F. The lowest BCUT2D eigenvalue weighted by molar-refractivity contribution is -0.133. The molecule has 2 N–H and O–H groups in total. The van der Waals surface area contributed by atoms with Gasteiger partial charge in [-0.05, 0) is 56.2 Å². The molecule has 0 bridgehead atoms. The average molecular weight is 395 g/mol. The summed E-state index contributed by atoms with van der Waals surface area (Å²) in [6.45, 7) is 4.77. The van der Waals surface area contributed by atoms with E-state index in [0.717, 1.165) is 11.1 Å². The Bertz CT molecular complexity index is 821. The van der Waals surface area contributed by atoms with Gasteiger partial charge in [0.25, 0.3) is 11.8 Å². The number of hydrogen-bond acceptors (Lipinski definition) is 4. The fraction of sp³-hybridized carbons (Fsp3) is 0.263. The van der Waals surface area contributed by atoms with Gasteiger partial charge in [0.2, 0.25) is 0 Å². The zero-order valence-corrected chi connectivity index (χ0v) is 15.9. The van der Waals surface area contributed by atoms with Gasteiger partial charge in [-0.3, -0.25) is 20.4 Å². The van der Waals surface area contributed by atoms with Crippen LogP contribution in [0.1, 0.15) is 18.1 Å². The van der Waals surface area contributed by atoms with E-state index in [1.807, 2.05) is 13.8 Å². The lowest BCUT2D eigenvalue weighted by atomic mass is 10.1. The van der Waals surface area contributed by atoms with E-state index < -0.39 is 23.7 Å². The molecule has 2 rings (SSSR count). The highest BCUT2D eigenvalue weighted by atomic mass is 35.5. The molecular formula is C19H20ClFN2O4. The number of hydrogen-bond donors (Lipinski definition) is 2. The fourth-order valence-electron chi connectivity index (χ4n) is 2.32. The first-order valence-electron chi connectivity index (χ1n) is 8.17. The minimum Gasteiger partial charge on any atom is -0.483 e. The third-order valence-corrected chi connectivity index (χ3v) is 3.83. The zero-order chi connectivity index (χ0) is 20.0. The van der Waals surface area contributed by atoms with Gasteiger partial charge in [-0.25, -0.2) is 4.39 Å². The number of ether oxygens (including phenoxy) is 2. The molecule has 0 heterocycles. The predicted octanol–water partition coefficient (Wildman–Crippen LogP) is 3.09. The number of carbonyl (C=O) groups excluding carboxylic acids is 2. The molecule has 0 aliphatic carbocycles. The van der Waals surface area contributed by atoms with Crippen LogP contribution in [0.4, 0.5) is 4.39 Å². The largest absolute Gasteiger partial charge is 0.483 e. The van der Waals surface area contributed by atoms with Crippen LogP contribution in [0.15, 0.2) is 36.4 Å². The first kappa shape index (κ1) is 20.5. The normalized spacial score (nSPS) is 11.4. The first-order chi connectivity index (χ1) is 12.8. The number of aryl methyl sites for hydroxylation is 2. The smallest absolute Gasteiger partial charge is 0.279 e. The third-order valence-electron chi connectivity index (χ3n) is 3.61. The molecule has 0 saturated carbocycles.